The standard InChI is InChI=1S/C6H11FN2O/c1-6(10)8-2-4-9(7)5-3-8/h2-5H2,1H3. The second-order valence-corrected chi connectivity index (χ2v) is 2.42. The molecular weight excluding hydrogens is 135 g/mol. The third-order valence-electron chi connectivity index (χ3n) is 1.67. The summed E-state index contributed by atoms with van der Waals surface area (Å²) in [5.74, 6) is 0.0353. The van der Waals surface area contributed by atoms with Gasteiger partial charge in [0, 0.05) is 33.1 Å². The minimum atomic E-state index is 0.0353. The maximum atomic E-state index is 12.3. The Kier molecular flexibility index (Phi) is 2.21. The molecule has 1 aliphatic rings. The molecule has 4 heteroatoms. The molecule has 1 heterocycles. The smallest absolute Gasteiger partial charge is 0.219 e. The van der Waals surface area contributed by atoms with E-state index in [0.717, 1.165) is 5.12 Å². The summed E-state index contributed by atoms with van der Waals surface area (Å²) in [6, 6.07) is 0. The zero-order chi connectivity index (χ0) is 7.56. The van der Waals surface area contributed by atoms with Crippen molar-refractivity contribution in [3.63, 3.8) is 0 Å². The summed E-state index contributed by atoms with van der Waals surface area (Å²) in [5, 5.41) is 0.736. The maximum absolute atomic E-state index is 12.3. The molecule has 0 spiro atoms. The molecule has 1 rings (SSSR count). The lowest BCUT2D eigenvalue weighted by Gasteiger charge is -2.28. The molecule has 1 amide bonds. The van der Waals surface area contributed by atoms with Crippen LogP contribution in [0.25, 0.3) is 0 Å². The molecule has 0 aromatic carbocycles. The van der Waals surface area contributed by atoms with Crippen molar-refractivity contribution in [2.24, 2.45) is 0 Å². The number of amides is 1. The summed E-state index contributed by atoms with van der Waals surface area (Å²) in [6.07, 6.45) is 0. The molecule has 0 radical (unpaired) electrons. The van der Waals surface area contributed by atoms with Gasteiger partial charge in [-0.15, -0.1) is 9.60 Å². The molecule has 0 N–H and O–H groups in total. The second-order valence-electron chi connectivity index (χ2n) is 2.42. The number of carbonyl (C=O) groups excluding carboxylic acids is 1. The number of piperazine rings is 1. The van der Waals surface area contributed by atoms with Crippen LogP contribution < -0.4 is 0 Å². The Morgan fingerprint density at radius 2 is 1.80 bits per heavy atom. The highest BCUT2D eigenvalue weighted by Gasteiger charge is 2.17. The minimum Gasteiger partial charge on any atom is -0.340 e. The van der Waals surface area contributed by atoms with Gasteiger partial charge in [-0.25, -0.2) is 0 Å². The first kappa shape index (κ1) is 7.47. The van der Waals surface area contributed by atoms with Crippen LogP contribution >= 0.6 is 0 Å². The van der Waals surface area contributed by atoms with E-state index in [1.165, 1.54) is 6.92 Å². The fraction of sp³-hybridized carbons (Fsp3) is 0.833. The van der Waals surface area contributed by atoms with E-state index in [1.54, 1.807) is 4.90 Å². The summed E-state index contributed by atoms with van der Waals surface area (Å²) in [6.45, 7) is 3.24. The number of hydrogen-bond donors (Lipinski definition) is 0. The number of carbonyl (C=O) groups is 1. The lowest BCUT2D eigenvalue weighted by Crippen LogP contribution is -2.44. The van der Waals surface area contributed by atoms with Crippen molar-refractivity contribution in [3.05, 3.63) is 0 Å². The van der Waals surface area contributed by atoms with Gasteiger partial charge in [0.15, 0.2) is 0 Å². The molecule has 1 aliphatic heterocycles. The average molecular weight is 146 g/mol. The SMILES string of the molecule is CC(=O)N1CCN(F)CC1. The summed E-state index contributed by atoms with van der Waals surface area (Å²) < 4.78 is 12.3. The Morgan fingerprint density at radius 3 is 2.20 bits per heavy atom. The first-order valence-electron chi connectivity index (χ1n) is 3.36. The van der Waals surface area contributed by atoms with E-state index in [4.69, 9.17) is 0 Å². The number of halogens is 1. The van der Waals surface area contributed by atoms with Crippen LogP contribution in [0.5, 0.6) is 0 Å². The van der Waals surface area contributed by atoms with Gasteiger partial charge in [0.1, 0.15) is 0 Å². The molecule has 0 aromatic rings. The summed E-state index contributed by atoms with van der Waals surface area (Å²) in [7, 11) is 0. The maximum Gasteiger partial charge on any atom is 0.219 e. The third-order valence-corrected chi connectivity index (χ3v) is 1.67. The van der Waals surface area contributed by atoms with Crippen LogP contribution in [0.2, 0.25) is 0 Å². The average Bonchev–Trinajstić information content (AvgIpc) is 1.88. The van der Waals surface area contributed by atoms with E-state index >= 15 is 0 Å². The molecule has 10 heavy (non-hydrogen) atoms. The predicted molar refractivity (Wildman–Crippen MR) is 34.9 cm³/mol. The van der Waals surface area contributed by atoms with Crippen molar-refractivity contribution >= 4 is 5.91 Å². The number of rotatable bonds is 0. The van der Waals surface area contributed by atoms with Gasteiger partial charge in [0.05, 0.1) is 0 Å². The number of hydrogen-bond acceptors (Lipinski definition) is 2. The Morgan fingerprint density at radius 1 is 1.30 bits per heavy atom. The lowest BCUT2D eigenvalue weighted by atomic mass is 10.3. The third kappa shape index (κ3) is 1.67. The highest BCUT2D eigenvalue weighted by Crippen LogP contribution is 2.00. The summed E-state index contributed by atoms with van der Waals surface area (Å²) in [5.41, 5.74) is 0. The van der Waals surface area contributed by atoms with Crippen molar-refractivity contribution in [1.29, 1.82) is 0 Å². The van der Waals surface area contributed by atoms with Crippen molar-refractivity contribution in [3.8, 4) is 0 Å². The molecule has 3 nitrogen and oxygen atoms in total. The fourth-order valence-corrected chi connectivity index (χ4v) is 0.997. The van der Waals surface area contributed by atoms with E-state index in [9.17, 15) is 9.28 Å². The van der Waals surface area contributed by atoms with E-state index in [1.807, 2.05) is 0 Å². The zero-order valence-corrected chi connectivity index (χ0v) is 6.01. The Labute approximate surface area is 59.3 Å². The first-order valence-corrected chi connectivity index (χ1v) is 3.36. The molecule has 0 unspecified atom stereocenters. The first-order chi connectivity index (χ1) is 4.70. The van der Waals surface area contributed by atoms with E-state index < -0.39 is 0 Å². The van der Waals surface area contributed by atoms with Crippen molar-refractivity contribution in [1.82, 2.24) is 10.0 Å². The Hall–Kier alpha value is -0.640. The van der Waals surface area contributed by atoms with Crippen LogP contribution in [-0.2, 0) is 4.79 Å². The van der Waals surface area contributed by atoms with Crippen LogP contribution in [0.1, 0.15) is 6.92 Å². The van der Waals surface area contributed by atoms with Crippen LogP contribution in [0, 0.1) is 0 Å². The molecule has 0 bridgehead atoms. The van der Waals surface area contributed by atoms with Crippen molar-refractivity contribution < 1.29 is 9.28 Å². The van der Waals surface area contributed by atoms with E-state index in [2.05, 4.69) is 0 Å². The quantitative estimate of drug-likeness (QED) is 0.450. The topological polar surface area (TPSA) is 23.6 Å². The van der Waals surface area contributed by atoms with Gasteiger partial charge in [0.2, 0.25) is 5.91 Å². The largest absolute Gasteiger partial charge is 0.340 e. The molecule has 58 valence electrons. The molecule has 0 aromatic heterocycles. The zero-order valence-electron chi connectivity index (χ0n) is 6.01. The van der Waals surface area contributed by atoms with E-state index in [0.29, 0.717) is 26.2 Å². The second kappa shape index (κ2) is 2.96. The predicted octanol–water partition coefficient (Wildman–Crippen LogP) is 0.0350. The van der Waals surface area contributed by atoms with Crippen molar-refractivity contribution in [2.45, 2.75) is 6.92 Å². The number of nitrogens with zero attached hydrogens (tertiary/aromatic N) is 2. The molecule has 1 saturated heterocycles. The Bertz CT molecular complexity index is 132. The fourth-order valence-electron chi connectivity index (χ4n) is 0.997. The van der Waals surface area contributed by atoms with Gasteiger partial charge >= 0.3 is 0 Å². The normalized spacial score (nSPS) is 21.2. The highest BCUT2D eigenvalue weighted by molar-refractivity contribution is 5.73. The van der Waals surface area contributed by atoms with Gasteiger partial charge in [-0.1, -0.05) is 0 Å². The van der Waals surface area contributed by atoms with Gasteiger partial charge < -0.3 is 4.90 Å². The Balaban J connectivity index is 2.33. The molecule has 0 saturated carbocycles. The van der Waals surface area contributed by atoms with Crippen LogP contribution in [0.15, 0.2) is 0 Å². The van der Waals surface area contributed by atoms with Crippen LogP contribution in [-0.4, -0.2) is 42.1 Å². The summed E-state index contributed by atoms with van der Waals surface area (Å²) in [4.78, 5) is 12.3. The van der Waals surface area contributed by atoms with Gasteiger partial charge in [-0.2, -0.15) is 0 Å². The van der Waals surface area contributed by atoms with Gasteiger partial charge in [0.25, 0.3) is 0 Å². The van der Waals surface area contributed by atoms with Crippen LogP contribution in [0.4, 0.5) is 4.48 Å². The molecule has 1 fully saturated rings. The highest BCUT2D eigenvalue weighted by atomic mass is 19.2. The molecular formula is C6H11FN2O. The van der Waals surface area contributed by atoms with E-state index in [-0.39, 0.29) is 5.91 Å². The van der Waals surface area contributed by atoms with Crippen LogP contribution in [0.3, 0.4) is 0 Å². The monoisotopic (exact) mass is 146 g/mol. The van der Waals surface area contributed by atoms with Crippen molar-refractivity contribution in [2.75, 3.05) is 26.2 Å². The summed E-state index contributed by atoms with van der Waals surface area (Å²) >= 11 is 0. The van der Waals surface area contributed by atoms with Gasteiger partial charge in [-0.05, 0) is 0 Å². The molecule has 0 aliphatic carbocycles. The molecule has 0 atom stereocenters. The van der Waals surface area contributed by atoms with Gasteiger partial charge in [-0.3, -0.25) is 4.79 Å². The lowest BCUT2D eigenvalue weighted by molar-refractivity contribution is -0.133. The minimum absolute atomic E-state index is 0.0353.